The Morgan fingerprint density at radius 1 is 1.32 bits per heavy atom. The van der Waals surface area contributed by atoms with Gasteiger partial charge in [0.25, 0.3) is 0 Å². The Balaban J connectivity index is 1.68. The molecule has 0 aromatic heterocycles. The number of carbonyl (C=O) groups is 1. The molecule has 0 unspecified atom stereocenters. The Kier molecular flexibility index (Phi) is 4.48. The minimum atomic E-state index is -0.175. The quantitative estimate of drug-likeness (QED) is 0.854. The number of likely N-dealkylation sites (tertiary alicyclic amines) is 1. The molecule has 4 heteroatoms. The van der Waals surface area contributed by atoms with Gasteiger partial charge in [-0.1, -0.05) is 18.2 Å². The van der Waals surface area contributed by atoms with Gasteiger partial charge >= 0.3 is 0 Å². The fraction of sp³-hybridized carbons (Fsp3) is 0.611. The van der Waals surface area contributed by atoms with E-state index in [2.05, 4.69) is 23.9 Å². The van der Waals surface area contributed by atoms with Crippen LogP contribution in [-0.4, -0.2) is 48.9 Å². The van der Waals surface area contributed by atoms with Crippen LogP contribution < -0.4 is 0 Å². The molecular formula is C18H25FN2O. The van der Waals surface area contributed by atoms with Gasteiger partial charge in [-0.2, -0.15) is 0 Å². The van der Waals surface area contributed by atoms with Crippen LogP contribution in [0.1, 0.15) is 37.2 Å². The van der Waals surface area contributed by atoms with E-state index in [-0.39, 0.29) is 23.6 Å². The highest BCUT2D eigenvalue weighted by atomic mass is 19.1. The molecule has 3 nitrogen and oxygen atoms in total. The maximum Gasteiger partial charge on any atom is 0.226 e. The fourth-order valence-corrected chi connectivity index (χ4v) is 3.70. The van der Waals surface area contributed by atoms with Crippen molar-refractivity contribution in [3.8, 4) is 0 Å². The predicted molar refractivity (Wildman–Crippen MR) is 85.2 cm³/mol. The summed E-state index contributed by atoms with van der Waals surface area (Å²) in [6.07, 6.45) is 4.17. The van der Waals surface area contributed by atoms with Gasteiger partial charge < -0.3 is 9.80 Å². The number of hydrogen-bond donors (Lipinski definition) is 0. The van der Waals surface area contributed by atoms with E-state index in [0.717, 1.165) is 32.4 Å². The van der Waals surface area contributed by atoms with Crippen molar-refractivity contribution in [3.63, 3.8) is 0 Å². The van der Waals surface area contributed by atoms with E-state index in [0.29, 0.717) is 11.6 Å². The van der Waals surface area contributed by atoms with E-state index in [4.69, 9.17) is 0 Å². The molecule has 1 saturated heterocycles. The van der Waals surface area contributed by atoms with Crippen LogP contribution in [0, 0.1) is 11.7 Å². The molecule has 1 aliphatic heterocycles. The van der Waals surface area contributed by atoms with Crippen LogP contribution in [0.5, 0.6) is 0 Å². The summed E-state index contributed by atoms with van der Waals surface area (Å²) in [7, 11) is 4.10. The van der Waals surface area contributed by atoms with Crippen LogP contribution in [-0.2, 0) is 4.79 Å². The molecule has 1 amide bonds. The smallest absolute Gasteiger partial charge is 0.226 e. The highest BCUT2D eigenvalue weighted by molar-refractivity contribution is 5.83. The van der Waals surface area contributed by atoms with Gasteiger partial charge in [0.05, 0.1) is 0 Å². The number of rotatable bonds is 4. The number of likely N-dealkylation sites (N-methyl/N-ethyl adjacent to an activating group) is 1. The maximum atomic E-state index is 13.9. The molecule has 3 rings (SSSR count). The zero-order valence-electron chi connectivity index (χ0n) is 13.5. The SMILES string of the molecule is CN(C)C[C@@H]1CCCCN1C(=O)[C@@H]1C[C@H]1c1ccccc1F. The minimum absolute atomic E-state index is 0.0142. The summed E-state index contributed by atoms with van der Waals surface area (Å²) < 4.78 is 13.9. The molecule has 2 fully saturated rings. The van der Waals surface area contributed by atoms with Gasteiger partial charge in [0.1, 0.15) is 5.82 Å². The lowest BCUT2D eigenvalue weighted by Crippen LogP contribution is -2.49. The highest BCUT2D eigenvalue weighted by Crippen LogP contribution is 2.49. The number of benzene rings is 1. The van der Waals surface area contributed by atoms with Crippen LogP contribution in [0.15, 0.2) is 24.3 Å². The Labute approximate surface area is 132 Å². The van der Waals surface area contributed by atoms with Gasteiger partial charge in [-0.25, -0.2) is 4.39 Å². The van der Waals surface area contributed by atoms with Crippen molar-refractivity contribution in [2.45, 2.75) is 37.6 Å². The standard InChI is InChI=1S/C18H25FN2O/c1-20(2)12-13-7-5-6-10-21(13)18(22)16-11-15(16)14-8-3-4-9-17(14)19/h3-4,8-9,13,15-16H,5-7,10-12H2,1-2H3/t13-,15-,16+/m0/s1. The van der Waals surface area contributed by atoms with Gasteiger partial charge in [0.15, 0.2) is 0 Å². The van der Waals surface area contributed by atoms with Gasteiger partial charge in [-0.15, -0.1) is 0 Å². The van der Waals surface area contributed by atoms with E-state index in [9.17, 15) is 9.18 Å². The van der Waals surface area contributed by atoms with Crippen LogP contribution in [0.4, 0.5) is 4.39 Å². The van der Waals surface area contributed by atoms with Crippen LogP contribution in [0.2, 0.25) is 0 Å². The number of hydrogen-bond acceptors (Lipinski definition) is 2. The number of piperidine rings is 1. The van der Waals surface area contributed by atoms with E-state index >= 15 is 0 Å². The van der Waals surface area contributed by atoms with Gasteiger partial charge in [-0.05, 0) is 57.3 Å². The van der Waals surface area contributed by atoms with E-state index in [1.54, 1.807) is 6.07 Å². The zero-order valence-corrected chi connectivity index (χ0v) is 13.5. The molecule has 0 N–H and O–H groups in total. The van der Waals surface area contributed by atoms with E-state index in [1.807, 2.05) is 12.1 Å². The van der Waals surface area contributed by atoms with Crippen molar-refractivity contribution in [2.24, 2.45) is 5.92 Å². The molecule has 0 bridgehead atoms. The highest BCUT2D eigenvalue weighted by Gasteiger charge is 2.48. The Morgan fingerprint density at radius 3 is 2.82 bits per heavy atom. The first-order chi connectivity index (χ1) is 10.6. The molecular weight excluding hydrogens is 279 g/mol. The van der Waals surface area contributed by atoms with Crippen molar-refractivity contribution in [1.29, 1.82) is 0 Å². The van der Waals surface area contributed by atoms with Crippen molar-refractivity contribution in [3.05, 3.63) is 35.6 Å². The molecule has 120 valence electrons. The molecule has 3 atom stereocenters. The molecule has 22 heavy (non-hydrogen) atoms. The summed E-state index contributed by atoms with van der Waals surface area (Å²) >= 11 is 0. The molecule has 1 aromatic rings. The molecule has 1 aromatic carbocycles. The zero-order chi connectivity index (χ0) is 15.7. The summed E-state index contributed by atoms with van der Waals surface area (Å²) in [6, 6.07) is 7.19. The first-order valence-corrected chi connectivity index (χ1v) is 8.27. The predicted octanol–water partition coefficient (Wildman–Crippen LogP) is 2.87. The number of nitrogens with zero attached hydrogens (tertiary/aromatic N) is 2. The van der Waals surface area contributed by atoms with E-state index < -0.39 is 0 Å². The van der Waals surface area contributed by atoms with Crippen molar-refractivity contribution in [1.82, 2.24) is 9.80 Å². The Bertz CT molecular complexity index is 546. The maximum absolute atomic E-state index is 13.9. The van der Waals surface area contributed by atoms with Crippen LogP contribution in [0.3, 0.4) is 0 Å². The number of amides is 1. The normalized spacial score (nSPS) is 28.0. The fourth-order valence-electron chi connectivity index (χ4n) is 3.70. The summed E-state index contributed by atoms with van der Waals surface area (Å²) in [6.45, 7) is 1.78. The first kappa shape index (κ1) is 15.5. The largest absolute Gasteiger partial charge is 0.338 e. The second kappa shape index (κ2) is 6.37. The Hall–Kier alpha value is -1.42. The second-order valence-electron chi connectivity index (χ2n) is 6.91. The molecule has 0 spiro atoms. The van der Waals surface area contributed by atoms with Crippen molar-refractivity contribution in [2.75, 3.05) is 27.2 Å². The summed E-state index contributed by atoms with van der Waals surface area (Å²) in [5.74, 6) is 0.126. The topological polar surface area (TPSA) is 23.6 Å². The molecule has 2 aliphatic rings. The number of halogens is 1. The van der Waals surface area contributed by atoms with Crippen LogP contribution >= 0.6 is 0 Å². The van der Waals surface area contributed by atoms with Gasteiger partial charge in [0, 0.05) is 25.0 Å². The third-order valence-corrected chi connectivity index (χ3v) is 4.90. The van der Waals surface area contributed by atoms with Gasteiger partial charge in [0.2, 0.25) is 5.91 Å². The lowest BCUT2D eigenvalue weighted by Gasteiger charge is -2.37. The molecule has 1 saturated carbocycles. The monoisotopic (exact) mass is 304 g/mol. The van der Waals surface area contributed by atoms with Crippen molar-refractivity contribution >= 4 is 5.91 Å². The lowest BCUT2D eigenvalue weighted by atomic mass is 10.00. The molecule has 0 radical (unpaired) electrons. The first-order valence-electron chi connectivity index (χ1n) is 8.27. The van der Waals surface area contributed by atoms with Gasteiger partial charge in [-0.3, -0.25) is 4.79 Å². The minimum Gasteiger partial charge on any atom is -0.338 e. The average Bonchev–Trinajstić information content (AvgIpc) is 3.27. The van der Waals surface area contributed by atoms with Crippen LogP contribution in [0.25, 0.3) is 0 Å². The van der Waals surface area contributed by atoms with E-state index in [1.165, 1.54) is 12.5 Å². The van der Waals surface area contributed by atoms with Crippen molar-refractivity contribution < 1.29 is 9.18 Å². The Morgan fingerprint density at radius 2 is 2.09 bits per heavy atom. The summed E-state index contributed by atoms with van der Waals surface area (Å²) in [5.41, 5.74) is 0.710. The summed E-state index contributed by atoms with van der Waals surface area (Å²) in [5, 5.41) is 0. The third kappa shape index (κ3) is 3.17. The molecule has 1 heterocycles. The number of carbonyl (C=O) groups excluding carboxylic acids is 1. The lowest BCUT2D eigenvalue weighted by molar-refractivity contribution is -0.136. The second-order valence-corrected chi connectivity index (χ2v) is 6.91. The molecule has 1 aliphatic carbocycles. The summed E-state index contributed by atoms with van der Waals surface area (Å²) in [4.78, 5) is 17.0. The average molecular weight is 304 g/mol. The third-order valence-electron chi connectivity index (χ3n) is 4.90.